The summed E-state index contributed by atoms with van der Waals surface area (Å²) in [6.45, 7) is 0. The fourth-order valence-electron chi connectivity index (χ4n) is 3.07. The van der Waals surface area contributed by atoms with E-state index in [-0.39, 0.29) is 32.7 Å². The molecule has 0 unspecified atom stereocenters. The topological polar surface area (TPSA) is 128 Å². The van der Waals surface area contributed by atoms with Gasteiger partial charge in [-0.15, -0.1) is 0 Å². The highest BCUT2D eigenvalue weighted by Crippen LogP contribution is 2.24. The molecule has 0 atom stereocenters. The number of urea groups is 1. The molecule has 0 heterocycles. The average Bonchev–Trinajstić information content (AvgIpc) is 2.85. The van der Waals surface area contributed by atoms with Crippen LogP contribution < -0.4 is 19.0 Å². The van der Waals surface area contributed by atoms with Crippen molar-refractivity contribution in [3.05, 3.63) is 109 Å². The second kappa shape index (κ2) is 10.5. The van der Waals surface area contributed by atoms with Crippen molar-refractivity contribution in [2.24, 2.45) is 0 Å². The summed E-state index contributed by atoms with van der Waals surface area (Å²) in [5, 5.41) is 5.13. The molecule has 0 fully saturated rings. The maximum atomic E-state index is 12.5. The van der Waals surface area contributed by atoms with E-state index in [4.69, 9.17) is 8.37 Å². The summed E-state index contributed by atoms with van der Waals surface area (Å²) in [4.78, 5) is 12.5. The zero-order valence-corrected chi connectivity index (χ0v) is 20.2. The minimum atomic E-state index is -4.04. The van der Waals surface area contributed by atoms with Gasteiger partial charge in [0, 0.05) is 23.5 Å². The number of hydrogen-bond donors (Lipinski definition) is 2. The molecule has 0 radical (unpaired) electrons. The average molecular weight is 525 g/mol. The molecule has 9 nitrogen and oxygen atoms in total. The number of amides is 2. The van der Waals surface area contributed by atoms with Crippen LogP contribution in [0.3, 0.4) is 0 Å². The first-order valence-electron chi connectivity index (χ1n) is 10.5. The lowest BCUT2D eigenvalue weighted by Crippen LogP contribution is -2.19. The summed E-state index contributed by atoms with van der Waals surface area (Å²) >= 11 is 0. The van der Waals surface area contributed by atoms with Gasteiger partial charge in [0.15, 0.2) is 0 Å². The lowest BCUT2D eigenvalue weighted by Gasteiger charge is -2.11. The molecule has 36 heavy (non-hydrogen) atoms. The maximum Gasteiger partial charge on any atom is 0.339 e. The van der Waals surface area contributed by atoms with Crippen LogP contribution in [0.5, 0.6) is 11.5 Å². The van der Waals surface area contributed by atoms with Crippen LogP contribution in [0.25, 0.3) is 0 Å². The monoisotopic (exact) mass is 524 g/mol. The van der Waals surface area contributed by atoms with E-state index in [0.717, 1.165) is 0 Å². The molecule has 0 spiro atoms. The molecule has 0 bridgehead atoms. The maximum absolute atomic E-state index is 12.5. The van der Waals surface area contributed by atoms with Crippen molar-refractivity contribution in [3.8, 4) is 11.5 Å². The van der Waals surface area contributed by atoms with Crippen molar-refractivity contribution in [3.63, 3.8) is 0 Å². The van der Waals surface area contributed by atoms with Crippen LogP contribution >= 0.6 is 0 Å². The van der Waals surface area contributed by atoms with Gasteiger partial charge in [-0.3, -0.25) is 0 Å². The Morgan fingerprint density at radius 2 is 0.917 bits per heavy atom. The number of carbonyl (C=O) groups is 1. The van der Waals surface area contributed by atoms with Crippen LogP contribution in [0.2, 0.25) is 0 Å². The molecule has 0 aliphatic rings. The van der Waals surface area contributed by atoms with Crippen LogP contribution in [-0.2, 0) is 20.2 Å². The van der Waals surface area contributed by atoms with Crippen LogP contribution in [0, 0.1) is 0 Å². The van der Waals surface area contributed by atoms with E-state index in [1.54, 1.807) is 48.5 Å². The van der Waals surface area contributed by atoms with Gasteiger partial charge in [0.2, 0.25) is 0 Å². The van der Waals surface area contributed by atoms with Crippen LogP contribution in [-0.4, -0.2) is 22.9 Å². The van der Waals surface area contributed by atoms with E-state index in [9.17, 15) is 21.6 Å². The summed E-state index contributed by atoms with van der Waals surface area (Å²) in [6.07, 6.45) is 0. The third-order valence-corrected chi connectivity index (χ3v) is 7.18. The van der Waals surface area contributed by atoms with Gasteiger partial charge in [-0.2, -0.15) is 16.8 Å². The van der Waals surface area contributed by atoms with Gasteiger partial charge in [-0.25, -0.2) is 4.79 Å². The number of rotatable bonds is 8. The highest BCUT2D eigenvalue weighted by atomic mass is 32.2. The SMILES string of the molecule is O=C(Nc1cccc(OS(=O)(=O)c2ccccc2)c1)Nc1cccc(OS(=O)(=O)c2ccccc2)c1. The Labute approximate surface area is 208 Å². The van der Waals surface area contributed by atoms with Gasteiger partial charge < -0.3 is 19.0 Å². The summed E-state index contributed by atoms with van der Waals surface area (Å²) in [5.41, 5.74) is 0.541. The molecule has 11 heteroatoms. The van der Waals surface area contributed by atoms with Crippen LogP contribution in [0.4, 0.5) is 16.2 Å². The minimum absolute atomic E-state index is 0.00233. The van der Waals surface area contributed by atoms with E-state index < -0.39 is 26.3 Å². The Hall–Kier alpha value is -4.35. The highest BCUT2D eigenvalue weighted by Gasteiger charge is 2.18. The van der Waals surface area contributed by atoms with Crippen molar-refractivity contribution in [1.29, 1.82) is 0 Å². The third-order valence-electron chi connectivity index (χ3n) is 4.66. The largest absolute Gasteiger partial charge is 0.379 e. The Morgan fingerprint density at radius 3 is 1.31 bits per heavy atom. The minimum Gasteiger partial charge on any atom is -0.379 e. The lowest BCUT2D eigenvalue weighted by molar-refractivity contribution is 0.262. The van der Waals surface area contributed by atoms with Crippen molar-refractivity contribution in [1.82, 2.24) is 0 Å². The van der Waals surface area contributed by atoms with Gasteiger partial charge in [0.1, 0.15) is 21.3 Å². The van der Waals surface area contributed by atoms with Crippen molar-refractivity contribution >= 4 is 37.6 Å². The zero-order chi connectivity index (χ0) is 25.6. The van der Waals surface area contributed by atoms with E-state index in [1.165, 1.54) is 60.7 Å². The Kier molecular flexibility index (Phi) is 7.23. The van der Waals surface area contributed by atoms with Gasteiger partial charge >= 0.3 is 26.3 Å². The Balaban J connectivity index is 1.41. The predicted molar refractivity (Wildman–Crippen MR) is 134 cm³/mol. The van der Waals surface area contributed by atoms with Crippen molar-refractivity contribution in [2.45, 2.75) is 9.79 Å². The van der Waals surface area contributed by atoms with E-state index in [1.807, 2.05) is 0 Å². The molecule has 4 rings (SSSR count). The summed E-state index contributed by atoms with van der Waals surface area (Å²) < 4.78 is 60.0. The second-order valence-electron chi connectivity index (χ2n) is 7.34. The van der Waals surface area contributed by atoms with Gasteiger partial charge in [-0.1, -0.05) is 48.5 Å². The fraction of sp³-hybridized carbons (Fsp3) is 0. The first-order valence-corrected chi connectivity index (χ1v) is 13.3. The molecule has 4 aromatic rings. The molecular weight excluding hydrogens is 504 g/mol. The molecule has 2 N–H and O–H groups in total. The molecule has 2 amide bonds. The molecule has 184 valence electrons. The van der Waals surface area contributed by atoms with E-state index >= 15 is 0 Å². The van der Waals surface area contributed by atoms with Gasteiger partial charge in [0.05, 0.1) is 0 Å². The van der Waals surface area contributed by atoms with Gasteiger partial charge in [-0.05, 0) is 48.5 Å². The van der Waals surface area contributed by atoms with Gasteiger partial charge in [0.25, 0.3) is 0 Å². The molecular formula is C25H20N2O7S2. The smallest absolute Gasteiger partial charge is 0.339 e. The molecule has 0 aliphatic carbocycles. The Morgan fingerprint density at radius 1 is 0.528 bits per heavy atom. The number of nitrogens with one attached hydrogen (secondary N) is 2. The summed E-state index contributed by atoms with van der Waals surface area (Å²) in [7, 11) is -8.08. The predicted octanol–water partition coefficient (Wildman–Crippen LogP) is 4.87. The molecule has 0 saturated heterocycles. The lowest BCUT2D eigenvalue weighted by atomic mass is 10.3. The highest BCUT2D eigenvalue weighted by molar-refractivity contribution is 7.87. The normalized spacial score (nSPS) is 11.3. The summed E-state index contributed by atoms with van der Waals surface area (Å²) in [5.74, 6) is 0.0244. The molecule has 0 saturated carbocycles. The fourth-order valence-corrected chi connectivity index (χ4v) is 4.96. The zero-order valence-electron chi connectivity index (χ0n) is 18.6. The second-order valence-corrected chi connectivity index (χ2v) is 10.4. The number of anilines is 2. The third kappa shape index (κ3) is 6.40. The van der Waals surface area contributed by atoms with Crippen LogP contribution in [0.1, 0.15) is 0 Å². The standard InChI is InChI=1S/C25H20N2O7S2/c28-25(26-19-9-7-11-21(17-19)33-35(29,30)23-13-3-1-4-14-23)27-20-10-8-12-22(18-20)34-36(31,32)24-15-5-2-6-16-24/h1-18H,(H2,26,27,28). The molecule has 0 aromatic heterocycles. The molecule has 4 aromatic carbocycles. The number of benzene rings is 4. The van der Waals surface area contributed by atoms with Crippen molar-refractivity contribution in [2.75, 3.05) is 10.6 Å². The van der Waals surface area contributed by atoms with Crippen LogP contribution in [0.15, 0.2) is 119 Å². The van der Waals surface area contributed by atoms with E-state index in [0.29, 0.717) is 0 Å². The van der Waals surface area contributed by atoms with Crippen molar-refractivity contribution < 1.29 is 30.0 Å². The quantitative estimate of drug-likeness (QED) is 0.315. The first kappa shape index (κ1) is 24.8. The Bertz CT molecular complexity index is 1460. The molecule has 0 aliphatic heterocycles. The number of hydrogen-bond acceptors (Lipinski definition) is 7. The summed E-state index contributed by atoms with van der Waals surface area (Å²) in [6, 6.07) is 26.4. The van der Waals surface area contributed by atoms with E-state index in [2.05, 4.69) is 10.6 Å². The first-order chi connectivity index (χ1) is 17.2. The number of carbonyl (C=O) groups excluding carboxylic acids is 1.